The summed E-state index contributed by atoms with van der Waals surface area (Å²) in [5.41, 5.74) is -1.27. The van der Waals surface area contributed by atoms with Gasteiger partial charge in [-0.3, -0.25) is 4.18 Å². The molecule has 0 saturated carbocycles. The Morgan fingerprint density at radius 2 is 2.04 bits per heavy atom. The van der Waals surface area contributed by atoms with Gasteiger partial charge in [-0.25, -0.2) is 13.6 Å². The Labute approximate surface area is 144 Å². The van der Waals surface area contributed by atoms with Crippen LogP contribution in [0.4, 0.5) is 13.6 Å². The predicted octanol–water partition coefficient (Wildman–Crippen LogP) is 1.26. The lowest BCUT2D eigenvalue weighted by molar-refractivity contribution is -0.107. The van der Waals surface area contributed by atoms with Gasteiger partial charge >= 0.3 is 6.09 Å². The lowest BCUT2D eigenvalue weighted by atomic mass is 9.90. The molecule has 0 aliphatic carbocycles. The molecule has 1 aliphatic heterocycles. The summed E-state index contributed by atoms with van der Waals surface area (Å²) in [5.74, 6) is -3.61. The summed E-state index contributed by atoms with van der Waals surface area (Å²) >= 11 is 0. The average molecular weight is 378 g/mol. The molecule has 0 aromatic heterocycles. The third-order valence-electron chi connectivity index (χ3n) is 3.86. The Hall–Kier alpha value is -1.78. The molecular weight excluding hydrogens is 358 g/mol. The van der Waals surface area contributed by atoms with Gasteiger partial charge in [0, 0.05) is 6.54 Å². The number of amides is 1. The number of hydrogen-bond acceptors (Lipinski definition) is 6. The first-order valence-electron chi connectivity index (χ1n) is 7.55. The zero-order valence-corrected chi connectivity index (χ0v) is 14.4. The van der Waals surface area contributed by atoms with E-state index < -0.39 is 34.3 Å². The van der Waals surface area contributed by atoms with E-state index >= 15 is 0 Å². The SMILES string of the molecule is CS(=O)(=O)OCC(F)(F)C1(NC(=O)OCc2ccccc2)CCNC1. The highest BCUT2D eigenvalue weighted by Crippen LogP contribution is 2.34. The van der Waals surface area contributed by atoms with E-state index in [1.54, 1.807) is 30.3 Å². The minimum absolute atomic E-state index is 0.0679. The predicted molar refractivity (Wildman–Crippen MR) is 85.7 cm³/mol. The van der Waals surface area contributed by atoms with Crippen molar-refractivity contribution in [3.05, 3.63) is 35.9 Å². The Morgan fingerprint density at radius 3 is 2.60 bits per heavy atom. The summed E-state index contributed by atoms with van der Waals surface area (Å²) < 4.78 is 60.3. The van der Waals surface area contributed by atoms with Crippen molar-refractivity contribution in [3.8, 4) is 0 Å². The zero-order valence-electron chi connectivity index (χ0n) is 13.6. The number of carbonyl (C=O) groups excluding carboxylic acids is 1. The van der Waals surface area contributed by atoms with Crippen LogP contribution >= 0.6 is 0 Å². The lowest BCUT2D eigenvalue weighted by Crippen LogP contribution is -2.63. The first kappa shape index (κ1) is 19.5. The molecule has 140 valence electrons. The standard InChI is InChI=1S/C15H20F2N2O5S/c1-25(21,22)24-11-15(16,17)14(7-8-18-10-14)19-13(20)23-9-12-5-3-2-4-6-12/h2-6,18H,7-11H2,1H3,(H,19,20). The Balaban J connectivity index is 2.02. The molecule has 1 fully saturated rings. The number of rotatable bonds is 7. The molecule has 1 unspecified atom stereocenters. The Kier molecular flexibility index (Phi) is 5.96. The number of halogens is 2. The minimum atomic E-state index is -4.03. The smallest absolute Gasteiger partial charge is 0.408 e. The fourth-order valence-electron chi connectivity index (χ4n) is 2.48. The van der Waals surface area contributed by atoms with Gasteiger partial charge in [-0.1, -0.05) is 30.3 Å². The van der Waals surface area contributed by atoms with Crippen molar-refractivity contribution in [3.63, 3.8) is 0 Å². The van der Waals surface area contributed by atoms with Crippen molar-refractivity contribution in [2.75, 3.05) is 26.0 Å². The van der Waals surface area contributed by atoms with E-state index in [1.165, 1.54) is 0 Å². The largest absolute Gasteiger partial charge is 0.445 e. The van der Waals surface area contributed by atoms with Crippen molar-refractivity contribution in [1.82, 2.24) is 10.6 Å². The van der Waals surface area contributed by atoms with E-state index in [0.717, 1.165) is 0 Å². The average Bonchev–Trinajstić information content (AvgIpc) is 3.02. The van der Waals surface area contributed by atoms with Gasteiger partial charge in [0.25, 0.3) is 16.0 Å². The van der Waals surface area contributed by atoms with E-state index in [1.807, 2.05) is 0 Å². The molecule has 1 atom stereocenters. The van der Waals surface area contributed by atoms with E-state index in [4.69, 9.17) is 4.74 Å². The third-order valence-corrected chi connectivity index (χ3v) is 4.41. The monoisotopic (exact) mass is 378 g/mol. The van der Waals surface area contributed by atoms with Crippen LogP contribution in [0.2, 0.25) is 0 Å². The fourth-order valence-corrected chi connectivity index (χ4v) is 2.84. The molecular formula is C15H20F2N2O5S. The molecule has 0 bridgehead atoms. The molecule has 10 heteroatoms. The van der Waals surface area contributed by atoms with Gasteiger partial charge < -0.3 is 15.4 Å². The van der Waals surface area contributed by atoms with Gasteiger partial charge in [0.15, 0.2) is 0 Å². The normalized spacial score (nSPS) is 21.1. The fraction of sp³-hybridized carbons (Fsp3) is 0.533. The number of nitrogens with one attached hydrogen (secondary N) is 2. The van der Waals surface area contributed by atoms with Gasteiger partial charge in [0.1, 0.15) is 18.8 Å². The van der Waals surface area contributed by atoms with Gasteiger partial charge in [-0.05, 0) is 18.5 Å². The quantitative estimate of drug-likeness (QED) is 0.694. The maximum atomic E-state index is 14.5. The molecule has 0 radical (unpaired) electrons. The van der Waals surface area contributed by atoms with E-state index in [0.29, 0.717) is 11.8 Å². The number of hydrogen-bond donors (Lipinski definition) is 2. The number of carbonyl (C=O) groups is 1. The second kappa shape index (κ2) is 7.63. The van der Waals surface area contributed by atoms with Crippen molar-refractivity contribution in [2.45, 2.75) is 24.5 Å². The molecule has 1 aliphatic rings. The highest BCUT2D eigenvalue weighted by molar-refractivity contribution is 7.85. The first-order chi connectivity index (χ1) is 11.6. The van der Waals surface area contributed by atoms with Gasteiger partial charge in [0.05, 0.1) is 6.26 Å². The summed E-state index contributed by atoms with van der Waals surface area (Å²) in [6.07, 6.45) is -0.413. The second-order valence-electron chi connectivity index (χ2n) is 5.87. The van der Waals surface area contributed by atoms with Gasteiger partial charge in [-0.2, -0.15) is 8.42 Å². The van der Waals surface area contributed by atoms with Crippen molar-refractivity contribution in [2.24, 2.45) is 0 Å². The summed E-state index contributed by atoms with van der Waals surface area (Å²) in [5, 5.41) is 4.93. The van der Waals surface area contributed by atoms with Gasteiger partial charge in [-0.15, -0.1) is 0 Å². The third kappa shape index (κ3) is 5.35. The molecule has 1 heterocycles. The number of alkyl halides is 2. The van der Waals surface area contributed by atoms with Crippen LogP contribution in [0.3, 0.4) is 0 Å². The minimum Gasteiger partial charge on any atom is -0.445 e. The van der Waals surface area contributed by atoms with Crippen LogP contribution in [0.15, 0.2) is 30.3 Å². The van der Waals surface area contributed by atoms with Crippen molar-refractivity contribution >= 4 is 16.2 Å². The maximum absolute atomic E-state index is 14.5. The molecule has 1 saturated heterocycles. The molecule has 7 nitrogen and oxygen atoms in total. The molecule has 25 heavy (non-hydrogen) atoms. The maximum Gasteiger partial charge on any atom is 0.408 e. The van der Waals surface area contributed by atoms with Crippen molar-refractivity contribution in [1.29, 1.82) is 0 Å². The number of alkyl carbamates (subject to hydrolysis) is 1. The van der Waals surface area contributed by atoms with E-state index in [9.17, 15) is 22.0 Å². The molecule has 0 spiro atoms. The summed E-state index contributed by atoms with van der Waals surface area (Å²) in [6, 6.07) is 8.78. The van der Waals surface area contributed by atoms with E-state index in [-0.39, 0.29) is 26.1 Å². The summed E-state index contributed by atoms with van der Waals surface area (Å²) in [6.45, 7) is -1.41. The molecule has 1 amide bonds. The van der Waals surface area contributed by atoms with Crippen LogP contribution < -0.4 is 10.6 Å². The number of ether oxygens (including phenoxy) is 1. The van der Waals surface area contributed by atoms with Crippen molar-refractivity contribution < 1.29 is 30.9 Å². The number of benzene rings is 1. The highest BCUT2D eigenvalue weighted by Gasteiger charge is 2.57. The van der Waals surface area contributed by atoms with Crippen LogP contribution in [-0.2, 0) is 25.6 Å². The van der Waals surface area contributed by atoms with E-state index in [2.05, 4.69) is 14.8 Å². The molecule has 2 N–H and O–H groups in total. The van der Waals surface area contributed by atoms with Crippen LogP contribution in [0.1, 0.15) is 12.0 Å². The Morgan fingerprint density at radius 1 is 1.36 bits per heavy atom. The van der Waals surface area contributed by atoms with Crippen LogP contribution in [0.5, 0.6) is 0 Å². The Bertz CT molecular complexity index is 691. The molecule has 1 aromatic rings. The van der Waals surface area contributed by atoms with Crippen LogP contribution in [0, 0.1) is 0 Å². The molecule has 2 rings (SSSR count). The highest BCUT2D eigenvalue weighted by atomic mass is 32.2. The first-order valence-corrected chi connectivity index (χ1v) is 9.37. The van der Waals surface area contributed by atoms with Gasteiger partial charge in [0.2, 0.25) is 0 Å². The second-order valence-corrected chi connectivity index (χ2v) is 7.51. The summed E-state index contributed by atoms with van der Waals surface area (Å²) in [7, 11) is -4.03. The topological polar surface area (TPSA) is 93.7 Å². The molecule has 1 aromatic carbocycles. The zero-order chi connectivity index (χ0) is 18.6. The van der Waals surface area contributed by atoms with Crippen LogP contribution in [-0.4, -0.2) is 51.9 Å². The van der Waals surface area contributed by atoms with Crippen LogP contribution in [0.25, 0.3) is 0 Å². The lowest BCUT2D eigenvalue weighted by Gasteiger charge is -2.36. The summed E-state index contributed by atoms with van der Waals surface area (Å²) in [4.78, 5) is 12.0.